The molecule has 0 bridgehead atoms. The summed E-state index contributed by atoms with van der Waals surface area (Å²) in [6, 6.07) is 9.55. The Morgan fingerprint density at radius 3 is 2.60 bits per heavy atom. The second kappa shape index (κ2) is 10.1. The Bertz CT molecular complexity index is 1040. The first kappa shape index (κ1) is 23.2. The molecule has 30 heavy (non-hydrogen) atoms. The molecule has 0 aromatic heterocycles. The standard InChI is InChI=1S/C19H24FN5O4S/c1-13-7-8-15(11-18(13)20)14(2)24-19(21-3)22-9-10-23-30(28,29)17-6-4-5-16(12-17)25(26)27/h4-8,11-12,14,23H,9-10H2,1-3H3,(H2,21,22,24). The molecule has 1 atom stereocenters. The maximum atomic E-state index is 13.8. The molecule has 0 heterocycles. The van der Waals surface area contributed by atoms with Crippen molar-refractivity contribution in [2.75, 3.05) is 20.1 Å². The van der Waals surface area contributed by atoms with E-state index in [1.165, 1.54) is 24.3 Å². The molecule has 9 nitrogen and oxygen atoms in total. The number of nitro benzene ring substituents is 1. The summed E-state index contributed by atoms with van der Waals surface area (Å²) in [6.45, 7) is 3.77. The van der Waals surface area contributed by atoms with Gasteiger partial charge < -0.3 is 10.6 Å². The smallest absolute Gasteiger partial charge is 0.270 e. The molecule has 0 amide bonds. The van der Waals surface area contributed by atoms with Gasteiger partial charge in [0.2, 0.25) is 10.0 Å². The highest BCUT2D eigenvalue weighted by molar-refractivity contribution is 7.89. The van der Waals surface area contributed by atoms with Crippen LogP contribution in [0, 0.1) is 22.9 Å². The number of nitrogens with one attached hydrogen (secondary N) is 3. The lowest BCUT2D eigenvalue weighted by molar-refractivity contribution is -0.385. The number of benzene rings is 2. The summed E-state index contributed by atoms with van der Waals surface area (Å²) in [4.78, 5) is 14.0. The third-order valence-electron chi connectivity index (χ3n) is 4.32. The number of aliphatic imine (C=N–C) groups is 1. The summed E-state index contributed by atoms with van der Waals surface area (Å²) in [5, 5.41) is 16.9. The van der Waals surface area contributed by atoms with Crippen molar-refractivity contribution in [2.24, 2.45) is 4.99 Å². The average Bonchev–Trinajstić information content (AvgIpc) is 2.72. The highest BCUT2D eigenvalue weighted by atomic mass is 32.2. The van der Waals surface area contributed by atoms with Crippen molar-refractivity contribution in [3.05, 3.63) is 69.5 Å². The number of aryl methyl sites for hydroxylation is 1. The molecule has 0 saturated carbocycles. The van der Waals surface area contributed by atoms with Crippen molar-refractivity contribution < 1.29 is 17.7 Å². The molecule has 0 aliphatic carbocycles. The molecular weight excluding hydrogens is 413 g/mol. The van der Waals surface area contributed by atoms with Gasteiger partial charge in [0.1, 0.15) is 5.82 Å². The summed E-state index contributed by atoms with van der Waals surface area (Å²) in [5.41, 5.74) is 0.999. The van der Waals surface area contributed by atoms with E-state index >= 15 is 0 Å². The van der Waals surface area contributed by atoms with E-state index in [2.05, 4.69) is 20.3 Å². The van der Waals surface area contributed by atoms with Gasteiger partial charge in [0, 0.05) is 32.3 Å². The molecular formula is C19H24FN5O4S. The normalized spacial score (nSPS) is 13.0. The van der Waals surface area contributed by atoms with Gasteiger partial charge in [-0.25, -0.2) is 17.5 Å². The van der Waals surface area contributed by atoms with Crippen molar-refractivity contribution in [2.45, 2.75) is 24.8 Å². The largest absolute Gasteiger partial charge is 0.355 e. The molecule has 162 valence electrons. The number of non-ortho nitro benzene ring substituents is 1. The zero-order valence-electron chi connectivity index (χ0n) is 16.8. The number of nitrogens with zero attached hydrogens (tertiary/aromatic N) is 2. The van der Waals surface area contributed by atoms with Gasteiger partial charge >= 0.3 is 0 Å². The summed E-state index contributed by atoms with van der Waals surface area (Å²) in [7, 11) is -2.33. The molecule has 0 radical (unpaired) electrons. The Morgan fingerprint density at radius 2 is 1.97 bits per heavy atom. The summed E-state index contributed by atoms with van der Waals surface area (Å²) in [6.07, 6.45) is 0. The molecule has 2 rings (SSSR count). The molecule has 0 spiro atoms. The van der Waals surface area contributed by atoms with Crippen molar-refractivity contribution in [3.63, 3.8) is 0 Å². The van der Waals surface area contributed by atoms with Crippen molar-refractivity contribution in [1.29, 1.82) is 0 Å². The Labute approximate surface area is 174 Å². The average molecular weight is 437 g/mol. The molecule has 0 saturated heterocycles. The second-order valence-electron chi connectivity index (χ2n) is 6.53. The second-order valence-corrected chi connectivity index (χ2v) is 8.29. The van der Waals surface area contributed by atoms with Crippen LogP contribution in [-0.2, 0) is 10.0 Å². The lowest BCUT2D eigenvalue weighted by atomic mass is 10.1. The van der Waals surface area contributed by atoms with Gasteiger partial charge in [0.25, 0.3) is 5.69 Å². The third-order valence-corrected chi connectivity index (χ3v) is 5.78. The van der Waals surface area contributed by atoms with Crippen LogP contribution in [0.5, 0.6) is 0 Å². The van der Waals surface area contributed by atoms with Crippen LogP contribution in [0.3, 0.4) is 0 Å². The first-order valence-corrected chi connectivity index (χ1v) is 10.6. The molecule has 0 aliphatic heterocycles. The zero-order chi connectivity index (χ0) is 22.3. The quantitative estimate of drug-likeness (QED) is 0.191. The molecule has 3 N–H and O–H groups in total. The Hall–Kier alpha value is -3.05. The highest BCUT2D eigenvalue weighted by Crippen LogP contribution is 2.17. The number of guanidine groups is 1. The number of sulfonamides is 1. The van der Waals surface area contributed by atoms with Crippen LogP contribution in [0.1, 0.15) is 24.1 Å². The van der Waals surface area contributed by atoms with E-state index < -0.39 is 14.9 Å². The molecule has 11 heteroatoms. The van der Waals surface area contributed by atoms with Crippen LogP contribution in [0.25, 0.3) is 0 Å². The van der Waals surface area contributed by atoms with Gasteiger partial charge in [-0.2, -0.15) is 0 Å². The van der Waals surface area contributed by atoms with Crippen LogP contribution >= 0.6 is 0 Å². The van der Waals surface area contributed by atoms with E-state index in [1.54, 1.807) is 20.0 Å². The predicted octanol–water partition coefficient (Wildman–Crippen LogP) is 2.25. The van der Waals surface area contributed by atoms with Crippen molar-refractivity contribution in [1.82, 2.24) is 15.4 Å². The number of hydrogen-bond acceptors (Lipinski definition) is 5. The van der Waals surface area contributed by atoms with E-state index in [9.17, 15) is 22.9 Å². The number of hydrogen-bond donors (Lipinski definition) is 3. The first-order chi connectivity index (χ1) is 14.1. The van der Waals surface area contributed by atoms with Gasteiger partial charge in [-0.15, -0.1) is 0 Å². The van der Waals surface area contributed by atoms with Gasteiger partial charge in [-0.05, 0) is 37.1 Å². The maximum Gasteiger partial charge on any atom is 0.270 e. The SMILES string of the molecule is CN=C(NCCNS(=O)(=O)c1cccc([N+](=O)[O-])c1)NC(C)c1ccc(C)c(F)c1. The minimum atomic E-state index is -3.89. The number of rotatable bonds is 8. The van der Waals surface area contributed by atoms with Crippen LogP contribution in [0.4, 0.5) is 10.1 Å². The van der Waals surface area contributed by atoms with Gasteiger partial charge in [-0.3, -0.25) is 15.1 Å². The number of nitro groups is 1. The minimum absolute atomic E-state index is 0.0270. The maximum absolute atomic E-state index is 13.8. The van der Waals surface area contributed by atoms with Gasteiger partial charge in [0.15, 0.2) is 5.96 Å². The Kier molecular flexibility index (Phi) is 7.84. The van der Waals surface area contributed by atoms with Crippen LogP contribution in [0.2, 0.25) is 0 Å². The van der Waals surface area contributed by atoms with Crippen molar-refractivity contribution in [3.8, 4) is 0 Å². The Balaban J connectivity index is 1.89. The minimum Gasteiger partial charge on any atom is -0.355 e. The lowest BCUT2D eigenvalue weighted by Gasteiger charge is -2.19. The van der Waals surface area contributed by atoms with Gasteiger partial charge in [-0.1, -0.05) is 18.2 Å². The topological polar surface area (TPSA) is 126 Å². The fourth-order valence-electron chi connectivity index (χ4n) is 2.58. The molecule has 2 aromatic rings. The van der Waals surface area contributed by atoms with Crippen LogP contribution < -0.4 is 15.4 Å². The summed E-state index contributed by atoms with van der Waals surface area (Å²) >= 11 is 0. The fraction of sp³-hybridized carbons (Fsp3) is 0.316. The summed E-state index contributed by atoms with van der Waals surface area (Å²) < 4.78 is 40.7. The van der Waals surface area contributed by atoms with E-state index in [0.29, 0.717) is 11.5 Å². The monoisotopic (exact) mass is 437 g/mol. The fourth-order valence-corrected chi connectivity index (χ4v) is 3.65. The lowest BCUT2D eigenvalue weighted by Crippen LogP contribution is -2.42. The van der Waals surface area contributed by atoms with Crippen molar-refractivity contribution >= 4 is 21.7 Å². The van der Waals surface area contributed by atoms with E-state index in [4.69, 9.17) is 0 Å². The van der Waals surface area contributed by atoms with Crippen LogP contribution in [0.15, 0.2) is 52.4 Å². The summed E-state index contributed by atoms with van der Waals surface area (Å²) in [5.74, 6) is 0.123. The van der Waals surface area contributed by atoms with E-state index in [1.807, 2.05) is 13.0 Å². The third kappa shape index (κ3) is 6.22. The first-order valence-electron chi connectivity index (χ1n) is 9.11. The van der Waals surface area contributed by atoms with E-state index in [-0.39, 0.29) is 35.5 Å². The van der Waals surface area contributed by atoms with E-state index in [0.717, 1.165) is 11.6 Å². The predicted molar refractivity (Wildman–Crippen MR) is 112 cm³/mol. The number of halogens is 1. The highest BCUT2D eigenvalue weighted by Gasteiger charge is 2.17. The zero-order valence-corrected chi connectivity index (χ0v) is 17.7. The molecule has 0 aliphatic rings. The molecule has 0 fully saturated rings. The molecule has 1 unspecified atom stereocenters. The van der Waals surface area contributed by atoms with Gasteiger partial charge in [0.05, 0.1) is 15.9 Å². The molecule has 2 aromatic carbocycles. The van der Waals surface area contributed by atoms with Crippen LogP contribution in [-0.4, -0.2) is 39.4 Å². The Morgan fingerprint density at radius 1 is 1.23 bits per heavy atom.